The van der Waals surface area contributed by atoms with E-state index in [0.717, 1.165) is 39.3 Å². The summed E-state index contributed by atoms with van der Waals surface area (Å²) in [5.74, 6) is 0. The third-order valence-electron chi connectivity index (χ3n) is 3.44. The number of methoxy groups -OCH3 is 1. The Bertz CT molecular complexity index is 346. The monoisotopic (exact) mass is 234 g/mol. The first-order valence-corrected chi connectivity index (χ1v) is 6.33. The number of anilines is 1. The van der Waals surface area contributed by atoms with E-state index in [0.29, 0.717) is 0 Å². The molecular formula is C14H22N2O. The van der Waals surface area contributed by atoms with E-state index in [2.05, 4.69) is 41.0 Å². The van der Waals surface area contributed by atoms with Crippen LogP contribution in [-0.4, -0.2) is 51.3 Å². The molecule has 0 amide bonds. The first-order valence-electron chi connectivity index (χ1n) is 6.33. The summed E-state index contributed by atoms with van der Waals surface area (Å²) in [5, 5.41) is 0. The lowest BCUT2D eigenvalue weighted by molar-refractivity contribution is 0.144. The van der Waals surface area contributed by atoms with Gasteiger partial charge in [-0.2, -0.15) is 0 Å². The first kappa shape index (κ1) is 12.4. The number of piperazine rings is 1. The van der Waals surface area contributed by atoms with Crippen molar-refractivity contribution >= 4 is 5.69 Å². The van der Waals surface area contributed by atoms with Crippen LogP contribution in [0.2, 0.25) is 0 Å². The van der Waals surface area contributed by atoms with E-state index in [1.165, 1.54) is 11.3 Å². The van der Waals surface area contributed by atoms with E-state index in [9.17, 15) is 0 Å². The minimum atomic E-state index is 0.838. The summed E-state index contributed by atoms with van der Waals surface area (Å²) in [6, 6.07) is 8.64. The number of para-hydroxylation sites is 1. The van der Waals surface area contributed by atoms with Gasteiger partial charge in [0.1, 0.15) is 0 Å². The van der Waals surface area contributed by atoms with Gasteiger partial charge >= 0.3 is 0 Å². The van der Waals surface area contributed by atoms with Crippen molar-refractivity contribution in [3.63, 3.8) is 0 Å². The zero-order chi connectivity index (χ0) is 12.1. The predicted octanol–water partition coefficient (Wildman–Crippen LogP) is 1.76. The molecule has 1 aromatic rings. The van der Waals surface area contributed by atoms with Crippen LogP contribution < -0.4 is 4.90 Å². The van der Waals surface area contributed by atoms with Gasteiger partial charge in [-0.25, -0.2) is 0 Å². The summed E-state index contributed by atoms with van der Waals surface area (Å²) in [4.78, 5) is 4.96. The van der Waals surface area contributed by atoms with Crippen molar-refractivity contribution in [1.29, 1.82) is 0 Å². The second-order valence-corrected chi connectivity index (χ2v) is 4.61. The van der Waals surface area contributed by atoms with Gasteiger partial charge in [0.15, 0.2) is 0 Å². The van der Waals surface area contributed by atoms with Gasteiger partial charge in [0.2, 0.25) is 0 Å². The number of ether oxygens (including phenoxy) is 1. The molecule has 0 bridgehead atoms. The number of hydrogen-bond donors (Lipinski definition) is 0. The first-order chi connectivity index (χ1) is 8.31. The lowest BCUT2D eigenvalue weighted by Gasteiger charge is -2.36. The van der Waals surface area contributed by atoms with E-state index in [-0.39, 0.29) is 0 Å². The maximum absolute atomic E-state index is 5.12. The van der Waals surface area contributed by atoms with E-state index in [1.54, 1.807) is 7.11 Å². The van der Waals surface area contributed by atoms with E-state index in [4.69, 9.17) is 4.74 Å². The van der Waals surface area contributed by atoms with Crippen molar-refractivity contribution in [3.8, 4) is 0 Å². The Labute approximate surface area is 104 Å². The van der Waals surface area contributed by atoms with Crippen molar-refractivity contribution in [2.24, 2.45) is 0 Å². The molecule has 0 unspecified atom stereocenters. The van der Waals surface area contributed by atoms with Crippen LogP contribution >= 0.6 is 0 Å². The zero-order valence-electron chi connectivity index (χ0n) is 10.9. The molecule has 1 saturated heterocycles. The highest BCUT2D eigenvalue weighted by Crippen LogP contribution is 2.20. The third-order valence-corrected chi connectivity index (χ3v) is 3.44. The van der Waals surface area contributed by atoms with E-state index < -0.39 is 0 Å². The molecule has 3 heteroatoms. The zero-order valence-corrected chi connectivity index (χ0v) is 10.9. The molecule has 1 fully saturated rings. The molecule has 0 aliphatic carbocycles. The Morgan fingerprint density at radius 2 is 1.82 bits per heavy atom. The molecular weight excluding hydrogens is 212 g/mol. The molecule has 1 aromatic carbocycles. The van der Waals surface area contributed by atoms with Gasteiger partial charge in [0.25, 0.3) is 0 Å². The normalized spacial score (nSPS) is 17.4. The third kappa shape index (κ3) is 3.20. The van der Waals surface area contributed by atoms with Gasteiger partial charge in [-0.15, -0.1) is 0 Å². The van der Waals surface area contributed by atoms with Crippen LogP contribution in [0.1, 0.15) is 5.56 Å². The van der Waals surface area contributed by atoms with Crippen LogP contribution in [-0.2, 0) is 4.74 Å². The van der Waals surface area contributed by atoms with E-state index >= 15 is 0 Å². The lowest BCUT2D eigenvalue weighted by atomic mass is 10.1. The Morgan fingerprint density at radius 1 is 1.12 bits per heavy atom. The highest BCUT2D eigenvalue weighted by Gasteiger charge is 2.17. The number of hydrogen-bond acceptors (Lipinski definition) is 3. The van der Waals surface area contributed by atoms with Crippen molar-refractivity contribution in [2.75, 3.05) is 51.3 Å². The Morgan fingerprint density at radius 3 is 2.47 bits per heavy atom. The summed E-state index contributed by atoms with van der Waals surface area (Å²) >= 11 is 0. The molecule has 2 rings (SSSR count). The van der Waals surface area contributed by atoms with Crippen LogP contribution in [0.3, 0.4) is 0 Å². The van der Waals surface area contributed by atoms with E-state index in [1.807, 2.05) is 0 Å². The number of rotatable bonds is 4. The van der Waals surface area contributed by atoms with Gasteiger partial charge in [0, 0.05) is 45.5 Å². The maximum Gasteiger partial charge on any atom is 0.0589 e. The molecule has 3 nitrogen and oxygen atoms in total. The number of nitrogens with zero attached hydrogens (tertiary/aromatic N) is 2. The molecule has 0 spiro atoms. The van der Waals surface area contributed by atoms with Crippen molar-refractivity contribution in [1.82, 2.24) is 4.90 Å². The van der Waals surface area contributed by atoms with Crippen LogP contribution in [0.15, 0.2) is 24.3 Å². The average molecular weight is 234 g/mol. The Hall–Kier alpha value is -1.06. The molecule has 1 aliphatic rings. The summed E-state index contributed by atoms with van der Waals surface area (Å²) in [7, 11) is 1.77. The van der Waals surface area contributed by atoms with Crippen LogP contribution in [0.5, 0.6) is 0 Å². The maximum atomic E-state index is 5.12. The summed E-state index contributed by atoms with van der Waals surface area (Å²) in [6.07, 6.45) is 0. The largest absolute Gasteiger partial charge is 0.383 e. The fourth-order valence-corrected chi connectivity index (χ4v) is 2.35. The van der Waals surface area contributed by atoms with Gasteiger partial charge in [-0.05, 0) is 18.6 Å². The predicted molar refractivity (Wildman–Crippen MR) is 71.7 cm³/mol. The molecule has 1 aliphatic heterocycles. The van der Waals surface area contributed by atoms with Gasteiger partial charge in [-0.1, -0.05) is 18.2 Å². The average Bonchev–Trinajstić information content (AvgIpc) is 2.38. The Balaban J connectivity index is 1.89. The minimum absolute atomic E-state index is 0.838. The molecule has 17 heavy (non-hydrogen) atoms. The van der Waals surface area contributed by atoms with Gasteiger partial charge in [-0.3, -0.25) is 4.90 Å². The second kappa shape index (κ2) is 6.03. The highest BCUT2D eigenvalue weighted by atomic mass is 16.5. The van der Waals surface area contributed by atoms with Crippen molar-refractivity contribution < 1.29 is 4.74 Å². The standard InChI is InChI=1S/C14H22N2O/c1-13-5-3-4-6-14(13)16-9-7-15(8-10-16)11-12-17-2/h3-6H,7-12H2,1-2H3. The molecule has 94 valence electrons. The van der Waals surface area contributed by atoms with Crippen molar-refractivity contribution in [3.05, 3.63) is 29.8 Å². The molecule has 0 radical (unpaired) electrons. The smallest absolute Gasteiger partial charge is 0.0589 e. The van der Waals surface area contributed by atoms with Gasteiger partial charge in [0.05, 0.1) is 6.61 Å². The summed E-state index contributed by atoms with van der Waals surface area (Å²) in [5.41, 5.74) is 2.76. The highest BCUT2D eigenvalue weighted by molar-refractivity contribution is 5.53. The quantitative estimate of drug-likeness (QED) is 0.789. The molecule has 0 N–H and O–H groups in total. The molecule has 0 aromatic heterocycles. The second-order valence-electron chi connectivity index (χ2n) is 4.61. The van der Waals surface area contributed by atoms with Crippen molar-refractivity contribution in [2.45, 2.75) is 6.92 Å². The van der Waals surface area contributed by atoms with Gasteiger partial charge < -0.3 is 9.64 Å². The Kier molecular flexibility index (Phi) is 4.40. The molecule has 0 saturated carbocycles. The molecule has 1 heterocycles. The molecule has 0 atom stereocenters. The SMILES string of the molecule is COCCN1CCN(c2ccccc2C)CC1. The minimum Gasteiger partial charge on any atom is -0.383 e. The van der Waals surface area contributed by atoms with Crippen LogP contribution in [0.4, 0.5) is 5.69 Å². The summed E-state index contributed by atoms with van der Waals surface area (Å²) < 4.78 is 5.12. The van der Waals surface area contributed by atoms with Crippen LogP contribution in [0.25, 0.3) is 0 Å². The number of aryl methyl sites for hydroxylation is 1. The number of benzene rings is 1. The summed E-state index contributed by atoms with van der Waals surface area (Å²) in [6.45, 7) is 8.59. The van der Waals surface area contributed by atoms with Crippen LogP contribution in [0, 0.1) is 6.92 Å². The topological polar surface area (TPSA) is 15.7 Å². The fraction of sp³-hybridized carbons (Fsp3) is 0.571. The fourth-order valence-electron chi connectivity index (χ4n) is 2.35. The lowest BCUT2D eigenvalue weighted by Crippen LogP contribution is -2.47.